The van der Waals surface area contributed by atoms with Crippen LogP contribution in [0.15, 0.2) is 30.3 Å². The molecule has 3 N–H and O–H groups in total. The lowest BCUT2D eigenvalue weighted by molar-refractivity contribution is -0.136. The Bertz CT molecular complexity index is 921. The van der Waals surface area contributed by atoms with Crippen LogP contribution in [0.4, 0.5) is 5.82 Å². The number of nitrogens with one attached hydrogen (secondary N) is 2. The van der Waals surface area contributed by atoms with Gasteiger partial charge in [0, 0.05) is 12.1 Å². The fraction of sp³-hybridized carbons (Fsp3) is 0.267. The zero-order valence-corrected chi connectivity index (χ0v) is 13.9. The van der Waals surface area contributed by atoms with Crippen LogP contribution in [0.1, 0.15) is 11.3 Å². The first-order valence-electron chi connectivity index (χ1n) is 7.48. The van der Waals surface area contributed by atoms with Crippen LogP contribution in [0, 0.1) is 0 Å². The summed E-state index contributed by atoms with van der Waals surface area (Å²) in [6.45, 7) is -0.356. The van der Waals surface area contributed by atoms with Gasteiger partial charge in [0.25, 0.3) is 0 Å². The highest BCUT2D eigenvalue weighted by atomic mass is 32.2. The van der Waals surface area contributed by atoms with E-state index in [1.165, 1.54) is 4.68 Å². The minimum absolute atomic E-state index is 0.0588. The number of carbonyl (C=O) groups excluding carboxylic acids is 2. The van der Waals surface area contributed by atoms with Gasteiger partial charge in [0.15, 0.2) is 9.84 Å². The zero-order valence-electron chi connectivity index (χ0n) is 13.1. The van der Waals surface area contributed by atoms with Gasteiger partial charge in [0.05, 0.1) is 29.5 Å². The molecule has 3 rings (SSSR count). The van der Waals surface area contributed by atoms with Crippen molar-refractivity contribution in [1.82, 2.24) is 15.1 Å². The van der Waals surface area contributed by atoms with Gasteiger partial charge in [-0.25, -0.2) is 13.1 Å². The summed E-state index contributed by atoms with van der Waals surface area (Å²) >= 11 is 0. The normalized spacial score (nSPS) is 14.8. The molecule has 1 aromatic heterocycles. The van der Waals surface area contributed by atoms with Crippen molar-refractivity contribution in [2.24, 2.45) is 0 Å². The van der Waals surface area contributed by atoms with Crippen molar-refractivity contribution in [3.63, 3.8) is 0 Å². The average molecular weight is 364 g/mol. The number of aromatic nitrogens is 2. The molecule has 2 aromatic rings. The minimum atomic E-state index is -3.31. The quantitative estimate of drug-likeness (QED) is 0.618. The van der Waals surface area contributed by atoms with Gasteiger partial charge in [-0.2, -0.15) is 5.10 Å². The lowest BCUT2D eigenvalue weighted by atomic mass is 10.2. The van der Waals surface area contributed by atoms with Crippen molar-refractivity contribution in [1.29, 1.82) is 0 Å². The summed E-state index contributed by atoms with van der Waals surface area (Å²) in [4.78, 5) is 23.8. The third-order valence-corrected chi connectivity index (χ3v) is 5.07. The summed E-state index contributed by atoms with van der Waals surface area (Å²) in [5.74, 6) is -2.18. The molecule has 0 aliphatic carbocycles. The van der Waals surface area contributed by atoms with E-state index in [0.29, 0.717) is 16.9 Å². The molecule has 0 atom stereocenters. The van der Waals surface area contributed by atoms with Crippen molar-refractivity contribution < 1.29 is 23.1 Å². The topological polar surface area (TPSA) is 130 Å². The van der Waals surface area contributed by atoms with E-state index < -0.39 is 21.7 Å². The molecular weight excluding hydrogens is 348 g/mol. The number of hydrogen-bond acceptors (Lipinski definition) is 6. The third kappa shape index (κ3) is 3.54. The number of carbonyl (C=O) groups is 2. The van der Waals surface area contributed by atoms with Gasteiger partial charge < -0.3 is 15.7 Å². The van der Waals surface area contributed by atoms with Crippen LogP contribution in [0.5, 0.6) is 0 Å². The van der Waals surface area contributed by atoms with E-state index in [1.807, 2.05) is 6.07 Å². The largest absolute Gasteiger partial charge is 0.395 e. The lowest BCUT2D eigenvalue weighted by Crippen LogP contribution is -2.37. The molecule has 1 aromatic carbocycles. The van der Waals surface area contributed by atoms with Crippen molar-refractivity contribution in [3.8, 4) is 5.69 Å². The number of rotatable bonds is 4. The fourth-order valence-electron chi connectivity index (χ4n) is 2.54. The van der Waals surface area contributed by atoms with Crippen molar-refractivity contribution in [3.05, 3.63) is 41.6 Å². The first-order chi connectivity index (χ1) is 11.9. The standard InChI is InChI=1S/C15H16N4O5S/c20-7-6-16-14(21)15(22)17-13-11-8-25(23,24)9-12(11)18-19(13)10-4-2-1-3-5-10/h1-5,20H,6-9H2,(H,16,21)(H,17,22). The highest BCUT2D eigenvalue weighted by Crippen LogP contribution is 2.32. The second-order valence-electron chi connectivity index (χ2n) is 5.49. The Balaban J connectivity index is 1.97. The summed E-state index contributed by atoms with van der Waals surface area (Å²) in [7, 11) is -3.31. The Morgan fingerprint density at radius 2 is 1.88 bits per heavy atom. The molecule has 0 spiro atoms. The molecule has 0 unspecified atom stereocenters. The monoisotopic (exact) mass is 364 g/mol. The number of nitrogens with zero attached hydrogens (tertiary/aromatic N) is 2. The first kappa shape index (κ1) is 17.1. The van der Waals surface area contributed by atoms with Crippen LogP contribution < -0.4 is 10.6 Å². The number of benzene rings is 1. The second-order valence-corrected chi connectivity index (χ2v) is 7.55. The number of hydrogen-bond donors (Lipinski definition) is 3. The number of para-hydroxylation sites is 1. The van der Waals surface area contributed by atoms with Crippen molar-refractivity contribution in [2.75, 3.05) is 18.5 Å². The van der Waals surface area contributed by atoms with E-state index in [0.717, 1.165) is 0 Å². The number of aliphatic hydroxyl groups is 1. The lowest BCUT2D eigenvalue weighted by Gasteiger charge is -2.11. The van der Waals surface area contributed by atoms with Crippen molar-refractivity contribution in [2.45, 2.75) is 11.5 Å². The molecule has 10 heteroatoms. The van der Waals surface area contributed by atoms with Crippen LogP contribution in [0.3, 0.4) is 0 Å². The number of anilines is 1. The number of aliphatic hydroxyl groups excluding tert-OH is 1. The molecule has 1 aliphatic rings. The Hall–Kier alpha value is -2.72. The summed E-state index contributed by atoms with van der Waals surface area (Å²) in [6, 6.07) is 8.86. The van der Waals surface area contributed by atoms with Gasteiger partial charge in [0.1, 0.15) is 5.82 Å². The van der Waals surface area contributed by atoms with Gasteiger partial charge in [-0.1, -0.05) is 18.2 Å². The number of fused-ring (bicyclic) bond motifs is 1. The molecule has 0 radical (unpaired) electrons. The molecule has 132 valence electrons. The van der Waals surface area contributed by atoms with E-state index in [9.17, 15) is 18.0 Å². The van der Waals surface area contributed by atoms with Gasteiger partial charge >= 0.3 is 11.8 Å². The SMILES string of the molecule is O=C(NCCO)C(=O)Nc1c2c(nn1-c1ccccc1)CS(=O)(=O)C2. The van der Waals surface area contributed by atoms with Crippen LogP contribution in [0.2, 0.25) is 0 Å². The van der Waals surface area contributed by atoms with E-state index >= 15 is 0 Å². The smallest absolute Gasteiger partial charge is 0.314 e. The maximum Gasteiger partial charge on any atom is 0.314 e. The molecule has 2 heterocycles. The average Bonchev–Trinajstić information content (AvgIpc) is 3.06. The summed E-state index contributed by atoms with van der Waals surface area (Å²) in [6.07, 6.45) is 0. The maximum atomic E-state index is 12.1. The summed E-state index contributed by atoms with van der Waals surface area (Å²) < 4.78 is 25.1. The van der Waals surface area contributed by atoms with Crippen molar-refractivity contribution >= 4 is 27.5 Å². The predicted molar refractivity (Wildman–Crippen MR) is 88.6 cm³/mol. The Morgan fingerprint density at radius 3 is 2.56 bits per heavy atom. The molecule has 0 fully saturated rings. The van der Waals surface area contributed by atoms with Crippen LogP contribution in [-0.4, -0.2) is 48.3 Å². The Morgan fingerprint density at radius 1 is 1.16 bits per heavy atom. The fourth-order valence-corrected chi connectivity index (χ4v) is 4.03. The van der Waals surface area contributed by atoms with E-state index in [4.69, 9.17) is 5.11 Å². The number of amides is 2. The number of sulfone groups is 1. The predicted octanol–water partition coefficient (Wildman–Crippen LogP) is -0.652. The van der Waals surface area contributed by atoms with Gasteiger partial charge in [0.2, 0.25) is 0 Å². The molecule has 25 heavy (non-hydrogen) atoms. The first-order valence-corrected chi connectivity index (χ1v) is 9.30. The highest BCUT2D eigenvalue weighted by Gasteiger charge is 2.33. The summed E-state index contributed by atoms with van der Waals surface area (Å²) in [5, 5.41) is 17.7. The molecule has 0 saturated heterocycles. The molecule has 1 aliphatic heterocycles. The van der Waals surface area contributed by atoms with Gasteiger partial charge in [-0.3, -0.25) is 9.59 Å². The highest BCUT2D eigenvalue weighted by molar-refractivity contribution is 7.90. The molecule has 9 nitrogen and oxygen atoms in total. The third-order valence-electron chi connectivity index (χ3n) is 3.62. The Kier molecular flexibility index (Phi) is 4.55. The molecular formula is C15H16N4O5S. The molecule has 2 amide bonds. The van der Waals surface area contributed by atoms with E-state index in [-0.39, 0.29) is 30.5 Å². The Labute approximate surface area is 143 Å². The van der Waals surface area contributed by atoms with E-state index in [2.05, 4.69) is 15.7 Å². The molecule has 0 saturated carbocycles. The van der Waals surface area contributed by atoms with Crippen LogP contribution in [-0.2, 0) is 30.9 Å². The minimum Gasteiger partial charge on any atom is -0.395 e. The molecule has 0 bridgehead atoms. The summed E-state index contributed by atoms with van der Waals surface area (Å²) in [5.41, 5.74) is 1.36. The second kappa shape index (κ2) is 6.65. The van der Waals surface area contributed by atoms with Gasteiger partial charge in [-0.15, -0.1) is 0 Å². The maximum absolute atomic E-state index is 12.1. The van der Waals surface area contributed by atoms with E-state index in [1.54, 1.807) is 24.3 Å². The van der Waals surface area contributed by atoms with Gasteiger partial charge in [-0.05, 0) is 12.1 Å². The van der Waals surface area contributed by atoms with Crippen LogP contribution in [0.25, 0.3) is 5.69 Å². The van der Waals surface area contributed by atoms with Crippen LogP contribution >= 0.6 is 0 Å². The zero-order chi connectivity index (χ0) is 18.0.